The summed E-state index contributed by atoms with van der Waals surface area (Å²) in [6.07, 6.45) is 13.2. The maximum atomic E-state index is 4.09. The maximum absolute atomic E-state index is 4.09. The van der Waals surface area contributed by atoms with E-state index in [9.17, 15) is 0 Å². The SMILES string of the molecule is C=CCC1(CN2CC2C=C)C2CC3CC(C2)CC1C3. The minimum Gasteiger partial charge on any atom is -0.293 e. The molecule has 5 aliphatic rings. The summed E-state index contributed by atoms with van der Waals surface area (Å²) in [5.41, 5.74) is 0.576. The van der Waals surface area contributed by atoms with E-state index in [0.29, 0.717) is 11.5 Å². The average molecular weight is 257 g/mol. The van der Waals surface area contributed by atoms with Crippen LogP contribution < -0.4 is 0 Å². The molecule has 0 N–H and O–H groups in total. The summed E-state index contributed by atoms with van der Waals surface area (Å²) in [5.74, 6) is 4.13. The number of hydrogen-bond acceptors (Lipinski definition) is 1. The van der Waals surface area contributed by atoms with Crippen LogP contribution in [0.1, 0.15) is 38.5 Å². The summed E-state index contributed by atoms with van der Waals surface area (Å²) in [6.45, 7) is 10.6. The molecule has 1 nitrogen and oxygen atoms in total. The smallest absolute Gasteiger partial charge is 0.0404 e. The fraction of sp³-hybridized carbons (Fsp3) is 0.778. The van der Waals surface area contributed by atoms with Crippen LogP contribution in [0, 0.1) is 29.1 Å². The summed E-state index contributed by atoms with van der Waals surface area (Å²) in [7, 11) is 0. The zero-order chi connectivity index (χ0) is 13.0. The molecule has 1 saturated heterocycles. The Hall–Kier alpha value is -0.560. The second kappa shape index (κ2) is 4.22. The van der Waals surface area contributed by atoms with Crippen molar-refractivity contribution in [2.24, 2.45) is 29.1 Å². The predicted octanol–water partition coefficient (Wildman–Crippen LogP) is 3.88. The van der Waals surface area contributed by atoms with Gasteiger partial charge in [-0.3, -0.25) is 4.90 Å². The van der Waals surface area contributed by atoms with Gasteiger partial charge in [0.25, 0.3) is 0 Å². The third-order valence-electron chi connectivity index (χ3n) is 6.82. The normalized spacial score (nSPS) is 54.1. The zero-order valence-corrected chi connectivity index (χ0v) is 12.1. The third-order valence-corrected chi connectivity index (χ3v) is 6.82. The van der Waals surface area contributed by atoms with Crippen LogP contribution in [0.2, 0.25) is 0 Å². The van der Waals surface area contributed by atoms with Gasteiger partial charge >= 0.3 is 0 Å². The van der Waals surface area contributed by atoms with Gasteiger partial charge in [0.05, 0.1) is 0 Å². The number of nitrogens with zero attached hydrogens (tertiary/aromatic N) is 1. The molecule has 4 aliphatic carbocycles. The van der Waals surface area contributed by atoms with Crippen LogP contribution in [0.5, 0.6) is 0 Å². The molecule has 4 bridgehead atoms. The number of hydrogen-bond donors (Lipinski definition) is 0. The van der Waals surface area contributed by atoms with Gasteiger partial charge in [-0.15, -0.1) is 13.2 Å². The Morgan fingerprint density at radius 3 is 2.11 bits per heavy atom. The lowest BCUT2D eigenvalue weighted by molar-refractivity contribution is -0.112. The van der Waals surface area contributed by atoms with Crippen molar-refractivity contribution in [1.82, 2.24) is 4.90 Å². The van der Waals surface area contributed by atoms with Crippen molar-refractivity contribution in [2.75, 3.05) is 13.1 Å². The van der Waals surface area contributed by atoms with E-state index >= 15 is 0 Å². The molecule has 0 spiro atoms. The third kappa shape index (κ3) is 1.77. The van der Waals surface area contributed by atoms with Crippen LogP contribution in [0.15, 0.2) is 25.3 Å². The van der Waals surface area contributed by atoms with Gasteiger partial charge in [0.2, 0.25) is 0 Å². The Morgan fingerprint density at radius 2 is 1.63 bits per heavy atom. The highest BCUT2D eigenvalue weighted by atomic mass is 15.3. The molecule has 4 saturated carbocycles. The minimum absolute atomic E-state index is 0.576. The topological polar surface area (TPSA) is 3.01 Å². The molecule has 1 heteroatoms. The van der Waals surface area contributed by atoms with Crippen molar-refractivity contribution in [3.8, 4) is 0 Å². The average Bonchev–Trinajstić information content (AvgIpc) is 3.13. The molecule has 0 aromatic carbocycles. The maximum Gasteiger partial charge on any atom is 0.0404 e. The van der Waals surface area contributed by atoms with Crippen molar-refractivity contribution in [3.05, 3.63) is 25.3 Å². The summed E-state index contributed by atoms with van der Waals surface area (Å²) in [5, 5.41) is 0. The van der Waals surface area contributed by atoms with E-state index in [1.807, 2.05) is 0 Å². The molecule has 0 aromatic rings. The molecule has 0 amide bonds. The minimum atomic E-state index is 0.576. The lowest BCUT2D eigenvalue weighted by Gasteiger charge is -2.61. The molecule has 0 radical (unpaired) electrons. The highest BCUT2D eigenvalue weighted by Gasteiger charge is 2.57. The first kappa shape index (κ1) is 12.2. The van der Waals surface area contributed by atoms with E-state index in [2.05, 4.69) is 30.2 Å². The Morgan fingerprint density at radius 1 is 1.00 bits per heavy atom. The molecule has 5 fully saturated rings. The fourth-order valence-corrected chi connectivity index (χ4v) is 6.02. The first-order valence-corrected chi connectivity index (χ1v) is 8.22. The molecule has 0 aromatic heterocycles. The quantitative estimate of drug-likeness (QED) is 0.533. The molecule has 19 heavy (non-hydrogen) atoms. The zero-order valence-electron chi connectivity index (χ0n) is 12.1. The van der Waals surface area contributed by atoms with E-state index < -0.39 is 0 Å². The Balaban J connectivity index is 1.60. The van der Waals surface area contributed by atoms with Gasteiger partial charge in [-0.05, 0) is 67.6 Å². The first-order chi connectivity index (χ1) is 9.25. The van der Waals surface area contributed by atoms with Crippen LogP contribution >= 0.6 is 0 Å². The molecule has 2 unspecified atom stereocenters. The standard InChI is InChI=1S/C18H27N/c1-3-5-18(12-19-11-17(19)4-2)15-7-13-6-14(9-15)10-16(18)8-13/h3-4,13-17H,1-2,5-12H2. The Labute approximate surface area is 117 Å². The molecule has 5 rings (SSSR count). The van der Waals surface area contributed by atoms with Crippen molar-refractivity contribution in [2.45, 2.75) is 44.6 Å². The first-order valence-electron chi connectivity index (χ1n) is 8.22. The van der Waals surface area contributed by atoms with Crippen LogP contribution in [-0.4, -0.2) is 24.0 Å². The molecule has 104 valence electrons. The van der Waals surface area contributed by atoms with Crippen molar-refractivity contribution >= 4 is 0 Å². The molecular formula is C18H27N. The summed E-state index contributed by atoms with van der Waals surface area (Å²) in [6, 6.07) is 0.680. The Kier molecular flexibility index (Phi) is 2.71. The van der Waals surface area contributed by atoms with Crippen molar-refractivity contribution < 1.29 is 0 Å². The number of rotatable bonds is 5. The van der Waals surface area contributed by atoms with Crippen LogP contribution in [0.4, 0.5) is 0 Å². The summed E-state index contributed by atoms with van der Waals surface area (Å²) >= 11 is 0. The van der Waals surface area contributed by atoms with E-state index in [4.69, 9.17) is 0 Å². The summed E-state index contributed by atoms with van der Waals surface area (Å²) < 4.78 is 0. The molecular weight excluding hydrogens is 230 g/mol. The Bertz CT molecular complexity index is 368. The van der Waals surface area contributed by atoms with Gasteiger partial charge < -0.3 is 0 Å². The van der Waals surface area contributed by atoms with Gasteiger partial charge in [-0.2, -0.15) is 0 Å². The molecule has 1 heterocycles. The van der Waals surface area contributed by atoms with E-state index in [1.165, 1.54) is 45.2 Å². The second-order valence-corrected chi connectivity index (χ2v) is 7.76. The van der Waals surface area contributed by atoms with E-state index in [1.54, 1.807) is 6.42 Å². The van der Waals surface area contributed by atoms with Crippen molar-refractivity contribution in [1.29, 1.82) is 0 Å². The van der Waals surface area contributed by atoms with Crippen LogP contribution in [-0.2, 0) is 0 Å². The second-order valence-electron chi connectivity index (χ2n) is 7.76. The number of allylic oxidation sites excluding steroid dienone is 1. The largest absolute Gasteiger partial charge is 0.293 e. The highest BCUT2D eigenvalue weighted by molar-refractivity contribution is 5.12. The van der Waals surface area contributed by atoms with Gasteiger partial charge in [-0.1, -0.05) is 12.2 Å². The van der Waals surface area contributed by atoms with Crippen LogP contribution in [0.25, 0.3) is 0 Å². The van der Waals surface area contributed by atoms with Crippen molar-refractivity contribution in [3.63, 3.8) is 0 Å². The molecule has 2 atom stereocenters. The van der Waals surface area contributed by atoms with Gasteiger partial charge in [-0.25, -0.2) is 0 Å². The lowest BCUT2D eigenvalue weighted by Crippen LogP contribution is -2.55. The lowest BCUT2D eigenvalue weighted by atomic mass is 9.44. The summed E-state index contributed by atoms with van der Waals surface area (Å²) in [4.78, 5) is 2.65. The van der Waals surface area contributed by atoms with Gasteiger partial charge in [0.15, 0.2) is 0 Å². The van der Waals surface area contributed by atoms with E-state index in [0.717, 1.165) is 23.7 Å². The van der Waals surface area contributed by atoms with Crippen LogP contribution in [0.3, 0.4) is 0 Å². The fourth-order valence-electron chi connectivity index (χ4n) is 6.02. The predicted molar refractivity (Wildman–Crippen MR) is 79.9 cm³/mol. The highest BCUT2D eigenvalue weighted by Crippen LogP contribution is 2.64. The van der Waals surface area contributed by atoms with E-state index in [-0.39, 0.29) is 0 Å². The monoisotopic (exact) mass is 257 g/mol. The molecule has 1 aliphatic heterocycles. The van der Waals surface area contributed by atoms with Gasteiger partial charge in [0, 0.05) is 19.1 Å². The van der Waals surface area contributed by atoms with Gasteiger partial charge in [0.1, 0.15) is 0 Å².